The first-order valence-corrected chi connectivity index (χ1v) is 5.68. The van der Waals surface area contributed by atoms with Crippen LogP contribution in [0.4, 0.5) is 5.82 Å². The Kier molecular flexibility index (Phi) is 3.48. The molecule has 0 aliphatic heterocycles. The quantitative estimate of drug-likeness (QED) is 0.818. The lowest BCUT2D eigenvalue weighted by Gasteiger charge is -2.08. The highest BCUT2D eigenvalue weighted by molar-refractivity contribution is 6.29. The van der Waals surface area contributed by atoms with Gasteiger partial charge in [-0.2, -0.15) is 0 Å². The summed E-state index contributed by atoms with van der Waals surface area (Å²) in [6.45, 7) is 1.68. The summed E-state index contributed by atoms with van der Waals surface area (Å²) in [7, 11) is 0. The number of aromatic nitrogens is 1. The molecule has 1 aromatic carbocycles. The van der Waals surface area contributed by atoms with Gasteiger partial charge in [-0.1, -0.05) is 23.7 Å². The molecule has 0 unspecified atom stereocenters. The highest BCUT2D eigenvalue weighted by Crippen LogP contribution is 2.20. The van der Waals surface area contributed by atoms with Crippen LogP contribution in [0.5, 0.6) is 5.75 Å². The number of hydrogen-bond donors (Lipinski definition) is 2. The van der Waals surface area contributed by atoms with Crippen molar-refractivity contribution in [2.75, 3.05) is 5.32 Å². The summed E-state index contributed by atoms with van der Waals surface area (Å²) in [5, 5.41) is 12.5. The van der Waals surface area contributed by atoms with Crippen LogP contribution >= 0.6 is 11.6 Å². The second-order valence-electron chi connectivity index (χ2n) is 3.75. The Hall–Kier alpha value is -2.07. The molecule has 18 heavy (non-hydrogen) atoms. The molecule has 0 bridgehead atoms. The number of carbonyl (C=O) groups is 1. The summed E-state index contributed by atoms with van der Waals surface area (Å²) in [5.74, 6) is 0.120. The number of carbonyl (C=O) groups excluding carboxylic acids is 1. The number of phenolic OH excluding ortho intramolecular Hbond substituents is 1. The number of benzene rings is 1. The van der Waals surface area contributed by atoms with Gasteiger partial charge in [0.05, 0.1) is 0 Å². The second kappa shape index (κ2) is 5.06. The van der Waals surface area contributed by atoms with Gasteiger partial charge in [0.25, 0.3) is 5.91 Å². The fraction of sp³-hybridized carbons (Fsp3) is 0.0769. The molecular formula is C13H11ClN2O2. The number of nitrogens with zero attached hydrogens (tertiary/aromatic N) is 1. The van der Waals surface area contributed by atoms with Gasteiger partial charge in [0, 0.05) is 11.1 Å². The zero-order valence-electron chi connectivity index (χ0n) is 9.64. The van der Waals surface area contributed by atoms with Crippen molar-refractivity contribution < 1.29 is 9.90 Å². The van der Waals surface area contributed by atoms with Crippen molar-refractivity contribution in [2.45, 2.75) is 6.92 Å². The van der Waals surface area contributed by atoms with Crippen LogP contribution in [0, 0.1) is 6.92 Å². The van der Waals surface area contributed by atoms with E-state index in [4.69, 9.17) is 11.6 Å². The summed E-state index contributed by atoms with van der Waals surface area (Å²) in [6, 6.07) is 9.74. The van der Waals surface area contributed by atoms with E-state index in [0.717, 1.165) is 0 Å². The highest BCUT2D eigenvalue weighted by atomic mass is 35.5. The van der Waals surface area contributed by atoms with Crippen molar-refractivity contribution >= 4 is 23.3 Å². The van der Waals surface area contributed by atoms with Crippen LogP contribution in [0.15, 0.2) is 36.4 Å². The van der Waals surface area contributed by atoms with Gasteiger partial charge >= 0.3 is 0 Å². The minimum absolute atomic E-state index is 0.0849. The number of anilines is 1. The molecule has 1 amide bonds. The first-order valence-electron chi connectivity index (χ1n) is 5.30. The van der Waals surface area contributed by atoms with Gasteiger partial charge in [-0.3, -0.25) is 4.79 Å². The van der Waals surface area contributed by atoms with Crippen molar-refractivity contribution in [3.63, 3.8) is 0 Å². The van der Waals surface area contributed by atoms with Crippen molar-refractivity contribution in [1.29, 1.82) is 0 Å². The van der Waals surface area contributed by atoms with Gasteiger partial charge in [-0.05, 0) is 31.2 Å². The Morgan fingerprint density at radius 2 is 2.00 bits per heavy atom. The molecule has 0 spiro atoms. The Bertz CT molecular complexity index is 599. The third kappa shape index (κ3) is 2.60. The minimum Gasteiger partial charge on any atom is -0.508 e. The number of halogens is 1. The third-order valence-electron chi connectivity index (χ3n) is 2.51. The van der Waals surface area contributed by atoms with Crippen LogP contribution in [0.25, 0.3) is 0 Å². The largest absolute Gasteiger partial charge is 0.508 e. The smallest absolute Gasteiger partial charge is 0.257 e. The molecule has 0 radical (unpaired) electrons. The molecule has 0 saturated heterocycles. The van der Waals surface area contributed by atoms with E-state index in [1.807, 2.05) is 0 Å². The van der Waals surface area contributed by atoms with Crippen molar-refractivity contribution in [3.05, 3.63) is 52.7 Å². The number of aromatic hydroxyl groups is 1. The lowest BCUT2D eigenvalue weighted by Crippen LogP contribution is -2.14. The average molecular weight is 263 g/mol. The van der Waals surface area contributed by atoms with Crippen molar-refractivity contribution in [2.24, 2.45) is 0 Å². The lowest BCUT2D eigenvalue weighted by molar-refractivity contribution is 0.102. The van der Waals surface area contributed by atoms with E-state index in [1.54, 1.807) is 37.3 Å². The Morgan fingerprint density at radius 1 is 1.28 bits per heavy atom. The maximum atomic E-state index is 12.0. The number of phenols is 1. The maximum Gasteiger partial charge on any atom is 0.257 e. The zero-order chi connectivity index (χ0) is 13.1. The van der Waals surface area contributed by atoms with Crippen LogP contribution in [-0.4, -0.2) is 16.0 Å². The molecule has 0 aliphatic carbocycles. The predicted octanol–water partition coefficient (Wildman–Crippen LogP) is 3.00. The molecule has 2 rings (SSSR count). The summed E-state index contributed by atoms with van der Waals surface area (Å²) in [5.41, 5.74) is 0.925. The second-order valence-corrected chi connectivity index (χ2v) is 4.14. The molecule has 1 heterocycles. The monoisotopic (exact) mass is 262 g/mol. The topological polar surface area (TPSA) is 62.2 Å². The van der Waals surface area contributed by atoms with Crippen LogP contribution in [-0.2, 0) is 0 Å². The number of rotatable bonds is 2. The van der Waals surface area contributed by atoms with Crippen molar-refractivity contribution in [3.8, 4) is 5.75 Å². The molecular weight excluding hydrogens is 252 g/mol. The van der Waals surface area contributed by atoms with Crippen LogP contribution < -0.4 is 5.32 Å². The fourth-order valence-electron chi connectivity index (χ4n) is 1.53. The number of amides is 1. The zero-order valence-corrected chi connectivity index (χ0v) is 10.4. The highest BCUT2D eigenvalue weighted by Gasteiger charge is 2.11. The predicted molar refractivity (Wildman–Crippen MR) is 70.0 cm³/mol. The van der Waals surface area contributed by atoms with E-state index in [2.05, 4.69) is 10.3 Å². The van der Waals surface area contributed by atoms with E-state index in [9.17, 15) is 9.90 Å². The van der Waals surface area contributed by atoms with Crippen LogP contribution in [0.1, 0.15) is 15.9 Å². The van der Waals surface area contributed by atoms with Crippen LogP contribution in [0.3, 0.4) is 0 Å². The number of nitrogens with one attached hydrogen (secondary N) is 1. The average Bonchev–Trinajstić information content (AvgIpc) is 2.32. The molecule has 0 atom stereocenters. The third-order valence-corrected chi connectivity index (χ3v) is 2.72. The normalized spacial score (nSPS) is 10.1. The molecule has 4 nitrogen and oxygen atoms in total. The van der Waals surface area contributed by atoms with E-state index in [-0.39, 0.29) is 11.7 Å². The first kappa shape index (κ1) is 12.4. The summed E-state index contributed by atoms with van der Waals surface area (Å²) in [4.78, 5) is 16.0. The molecule has 2 aromatic rings. The van der Waals surface area contributed by atoms with E-state index in [1.165, 1.54) is 6.07 Å². The van der Waals surface area contributed by atoms with E-state index < -0.39 is 0 Å². The van der Waals surface area contributed by atoms with Gasteiger partial charge in [0.15, 0.2) is 0 Å². The molecule has 0 saturated carbocycles. The van der Waals surface area contributed by atoms with Gasteiger partial charge < -0.3 is 10.4 Å². The lowest BCUT2D eigenvalue weighted by atomic mass is 10.1. The van der Waals surface area contributed by atoms with Gasteiger partial charge in [-0.15, -0.1) is 0 Å². The van der Waals surface area contributed by atoms with Gasteiger partial charge in [0.2, 0.25) is 0 Å². The fourth-order valence-corrected chi connectivity index (χ4v) is 1.69. The molecule has 0 fully saturated rings. The van der Waals surface area contributed by atoms with Gasteiger partial charge in [0.1, 0.15) is 16.7 Å². The Balaban J connectivity index is 2.25. The molecule has 1 aromatic heterocycles. The number of pyridine rings is 1. The van der Waals surface area contributed by atoms with Crippen LogP contribution in [0.2, 0.25) is 5.15 Å². The van der Waals surface area contributed by atoms with E-state index in [0.29, 0.717) is 22.1 Å². The molecule has 0 aliphatic rings. The van der Waals surface area contributed by atoms with Crippen molar-refractivity contribution in [1.82, 2.24) is 4.98 Å². The first-order chi connectivity index (χ1) is 8.58. The van der Waals surface area contributed by atoms with E-state index >= 15 is 0 Å². The SMILES string of the molecule is Cc1c(O)cccc1C(=O)Nc1cccc(Cl)n1. The molecule has 5 heteroatoms. The summed E-state index contributed by atoms with van der Waals surface area (Å²) in [6.07, 6.45) is 0. The number of hydrogen-bond acceptors (Lipinski definition) is 3. The minimum atomic E-state index is -0.335. The Morgan fingerprint density at radius 3 is 2.72 bits per heavy atom. The maximum absolute atomic E-state index is 12.0. The molecule has 92 valence electrons. The standard InChI is InChI=1S/C13H11ClN2O2/c1-8-9(4-2-5-10(8)17)13(18)16-12-7-3-6-11(14)15-12/h2-7,17H,1H3,(H,15,16,18). The summed E-state index contributed by atoms with van der Waals surface area (Å²) < 4.78 is 0. The van der Waals surface area contributed by atoms with Gasteiger partial charge in [-0.25, -0.2) is 4.98 Å². The Labute approximate surface area is 109 Å². The molecule has 2 N–H and O–H groups in total. The summed E-state index contributed by atoms with van der Waals surface area (Å²) >= 11 is 5.73.